The summed E-state index contributed by atoms with van der Waals surface area (Å²) in [6.07, 6.45) is 14.2. The molecule has 0 N–H and O–H groups in total. The average Bonchev–Trinajstić information content (AvgIpc) is 3.04. The molecule has 0 amide bonds. The second kappa shape index (κ2) is 5.91. The van der Waals surface area contributed by atoms with E-state index in [1.807, 2.05) is 12.4 Å². The first-order valence-corrected chi connectivity index (χ1v) is 10.9. The van der Waals surface area contributed by atoms with Crippen molar-refractivity contribution in [3.8, 4) is 0 Å². The SMILES string of the molecule is O=c1ccn(CC2CCC3(CC2)OOC2(O3)C3CC4CC(C3)CC2C4)cc1. The van der Waals surface area contributed by atoms with Gasteiger partial charge in [-0.15, -0.1) is 0 Å². The molecule has 0 radical (unpaired) electrons. The average molecular weight is 371 g/mol. The number of hydrogen-bond acceptors (Lipinski definition) is 4. The molecule has 5 saturated carbocycles. The van der Waals surface area contributed by atoms with Gasteiger partial charge in [0, 0.05) is 55.7 Å². The van der Waals surface area contributed by atoms with E-state index in [1.54, 1.807) is 12.1 Å². The molecular formula is C22H29NO4. The van der Waals surface area contributed by atoms with Gasteiger partial charge >= 0.3 is 0 Å². The summed E-state index contributed by atoms with van der Waals surface area (Å²) in [5, 5.41) is 0. The summed E-state index contributed by atoms with van der Waals surface area (Å²) in [6, 6.07) is 3.27. The summed E-state index contributed by atoms with van der Waals surface area (Å²) in [5.41, 5.74) is 0.0692. The Balaban J connectivity index is 1.13. The van der Waals surface area contributed by atoms with Crippen molar-refractivity contribution in [1.82, 2.24) is 4.57 Å². The highest BCUT2D eigenvalue weighted by molar-refractivity contribution is 5.05. The van der Waals surface area contributed by atoms with Crippen LogP contribution in [0, 0.1) is 29.6 Å². The fraction of sp³-hybridized carbons (Fsp3) is 0.773. The number of hydrogen-bond donors (Lipinski definition) is 0. The lowest BCUT2D eigenvalue weighted by Gasteiger charge is -2.57. The Morgan fingerprint density at radius 2 is 1.56 bits per heavy atom. The van der Waals surface area contributed by atoms with Crippen molar-refractivity contribution in [2.75, 3.05) is 0 Å². The quantitative estimate of drug-likeness (QED) is 0.741. The molecule has 5 nitrogen and oxygen atoms in total. The van der Waals surface area contributed by atoms with Crippen molar-refractivity contribution < 1.29 is 14.5 Å². The van der Waals surface area contributed by atoms with Crippen LogP contribution in [0.4, 0.5) is 0 Å². The maximum absolute atomic E-state index is 11.3. The molecule has 6 fully saturated rings. The zero-order chi connectivity index (χ0) is 18.1. The maximum atomic E-state index is 11.3. The van der Waals surface area contributed by atoms with Gasteiger partial charge in [-0.05, 0) is 62.7 Å². The molecule has 2 spiro atoms. The molecule has 0 atom stereocenters. The maximum Gasteiger partial charge on any atom is 0.210 e. The van der Waals surface area contributed by atoms with Crippen LogP contribution in [0.1, 0.15) is 57.8 Å². The third-order valence-corrected chi connectivity index (χ3v) is 8.14. The van der Waals surface area contributed by atoms with Crippen LogP contribution < -0.4 is 5.43 Å². The highest BCUT2D eigenvalue weighted by Crippen LogP contribution is 2.63. The highest BCUT2D eigenvalue weighted by Gasteiger charge is 2.66. The van der Waals surface area contributed by atoms with E-state index < -0.39 is 11.6 Å². The van der Waals surface area contributed by atoms with E-state index in [9.17, 15) is 4.79 Å². The molecule has 27 heavy (non-hydrogen) atoms. The van der Waals surface area contributed by atoms with Crippen LogP contribution in [0.5, 0.6) is 0 Å². The van der Waals surface area contributed by atoms with Crippen LogP contribution in [0.3, 0.4) is 0 Å². The van der Waals surface area contributed by atoms with E-state index in [4.69, 9.17) is 14.5 Å². The molecule has 2 heterocycles. The number of ether oxygens (including phenoxy) is 1. The Morgan fingerprint density at radius 3 is 2.19 bits per heavy atom. The van der Waals surface area contributed by atoms with Gasteiger partial charge in [-0.2, -0.15) is 9.78 Å². The first-order valence-electron chi connectivity index (χ1n) is 10.9. The van der Waals surface area contributed by atoms with Gasteiger partial charge < -0.3 is 9.30 Å². The van der Waals surface area contributed by atoms with Crippen LogP contribution in [0.15, 0.2) is 29.3 Å². The first-order chi connectivity index (χ1) is 13.1. The standard InChI is InChI=1S/C22H29NO4/c24-20-3-7-23(8-4-20)14-15-1-5-21(6-2-15)25-22(27-26-21)18-10-16-9-17(12-18)13-19(22)11-16/h3-4,7-8,15-19H,1-2,5-6,9-14H2. The molecule has 5 heteroatoms. The first kappa shape index (κ1) is 16.8. The topological polar surface area (TPSA) is 49.7 Å². The zero-order valence-electron chi connectivity index (χ0n) is 15.8. The van der Waals surface area contributed by atoms with Gasteiger partial charge in [-0.3, -0.25) is 4.79 Å². The predicted octanol–water partition coefficient (Wildman–Crippen LogP) is 3.87. The lowest BCUT2D eigenvalue weighted by atomic mass is 9.53. The summed E-state index contributed by atoms with van der Waals surface area (Å²) in [4.78, 5) is 23.4. The molecule has 5 aliphatic carbocycles. The highest BCUT2D eigenvalue weighted by atomic mass is 17.3. The molecular weight excluding hydrogens is 342 g/mol. The number of nitrogens with zero attached hydrogens (tertiary/aromatic N) is 1. The molecule has 146 valence electrons. The monoisotopic (exact) mass is 371 g/mol. The number of rotatable bonds is 2. The van der Waals surface area contributed by atoms with E-state index >= 15 is 0 Å². The lowest BCUT2D eigenvalue weighted by Crippen LogP contribution is -2.59. The summed E-state index contributed by atoms with van der Waals surface area (Å²) in [6.45, 7) is 0.955. The fourth-order valence-electron chi connectivity index (χ4n) is 6.96. The van der Waals surface area contributed by atoms with E-state index in [-0.39, 0.29) is 5.43 Å². The molecule has 6 aliphatic rings. The molecule has 1 aliphatic heterocycles. The minimum atomic E-state index is -0.518. The normalized spacial score (nSPS) is 47.9. The van der Waals surface area contributed by atoms with Gasteiger partial charge in [0.2, 0.25) is 11.6 Å². The number of aromatic nitrogens is 1. The van der Waals surface area contributed by atoms with E-state index in [0.717, 1.165) is 44.1 Å². The minimum Gasteiger partial charge on any atom is -0.354 e. The minimum absolute atomic E-state index is 0.0692. The molecule has 1 saturated heterocycles. The van der Waals surface area contributed by atoms with Crippen molar-refractivity contribution in [2.24, 2.45) is 29.6 Å². The zero-order valence-corrected chi connectivity index (χ0v) is 15.8. The third kappa shape index (κ3) is 2.65. The van der Waals surface area contributed by atoms with Gasteiger partial charge in [0.1, 0.15) is 0 Å². The van der Waals surface area contributed by atoms with Crippen molar-refractivity contribution in [3.05, 3.63) is 34.7 Å². The smallest absolute Gasteiger partial charge is 0.210 e. The van der Waals surface area contributed by atoms with Crippen molar-refractivity contribution in [2.45, 2.75) is 75.9 Å². The molecule has 0 aromatic carbocycles. The fourth-order valence-corrected chi connectivity index (χ4v) is 6.96. The van der Waals surface area contributed by atoms with E-state index in [0.29, 0.717) is 17.8 Å². The summed E-state index contributed by atoms with van der Waals surface area (Å²) >= 11 is 0. The van der Waals surface area contributed by atoms with Gasteiger partial charge in [0.05, 0.1) is 0 Å². The van der Waals surface area contributed by atoms with Crippen molar-refractivity contribution in [1.29, 1.82) is 0 Å². The Morgan fingerprint density at radius 1 is 0.926 bits per heavy atom. The third-order valence-electron chi connectivity index (χ3n) is 8.14. The molecule has 4 bridgehead atoms. The van der Waals surface area contributed by atoms with Crippen LogP contribution in [0.25, 0.3) is 0 Å². The Hall–Kier alpha value is -1.17. The Kier molecular flexibility index (Phi) is 3.67. The van der Waals surface area contributed by atoms with Crippen molar-refractivity contribution in [3.63, 3.8) is 0 Å². The predicted molar refractivity (Wildman–Crippen MR) is 98.4 cm³/mol. The molecule has 1 aromatic heterocycles. The van der Waals surface area contributed by atoms with Gasteiger partial charge in [0.25, 0.3) is 0 Å². The van der Waals surface area contributed by atoms with Crippen LogP contribution >= 0.6 is 0 Å². The van der Waals surface area contributed by atoms with Gasteiger partial charge in [-0.25, -0.2) is 0 Å². The van der Waals surface area contributed by atoms with Gasteiger partial charge in [0.15, 0.2) is 5.43 Å². The molecule has 0 unspecified atom stereocenters. The Labute approximate surface area is 159 Å². The van der Waals surface area contributed by atoms with Crippen LogP contribution in [0.2, 0.25) is 0 Å². The second-order valence-corrected chi connectivity index (χ2v) is 9.88. The lowest BCUT2D eigenvalue weighted by molar-refractivity contribution is -0.390. The van der Waals surface area contributed by atoms with Gasteiger partial charge in [-0.1, -0.05) is 0 Å². The summed E-state index contributed by atoms with van der Waals surface area (Å²) < 4.78 is 8.90. The number of pyridine rings is 1. The van der Waals surface area contributed by atoms with Crippen LogP contribution in [-0.2, 0) is 21.1 Å². The van der Waals surface area contributed by atoms with Crippen molar-refractivity contribution >= 4 is 0 Å². The van der Waals surface area contributed by atoms with Crippen LogP contribution in [-0.4, -0.2) is 16.1 Å². The summed E-state index contributed by atoms with van der Waals surface area (Å²) in [7, 11) is 0. The van der Waals surface area contributed by atoms with E-state index in [2.05, 4.69) is 4.57 Å². The Bertz CT molecular complexity index is 730. The van der Waals surface area contributed by atoms with E-state index in [1.165, 1.54) is 32.1 Å². The molecule has 7 rings (SSSR count). The second-order valence-electron chi connectivity index (χ2n) is 9.88. The molecule has 1 aromatic rings. The summed E-state index contributed by atoms with van der Waals surface area (Å²) in [5.74, 6) is 2.50. The largest absolute Gasteiger partial charge is 0.354 e.